The number of thiophene rings is 1. The lowest BCUT2D eigenvalue weighted by Gasteiger charge is -2.26. The van der Waals surface area contributed by atoms with Crippen LogP contribution in [0.3, 0.4) is 0 Å². The molecule has 0 aromatic carbocycles. The number of nitrogens with one attached hydrogen (secondary N) is 4. The molecule has 0 radical (unpaired) electrons. The average Bonchev–Trinajstić information content (AvgIpc) is 3.26. The van der Waals surface area contributed by atoms with E-state index in [1.165, 1.54) is 11.3 Å². The standard InChI is InChI=1S/C25H28N8O3S/c1-15-18(31-25(35)28-15)12-16-14-27-33-22(29-17-2-3-17)13-19(30-23(16)33)20-4-5-21(37-20)24(34)26-6-7-32-8-10-36-11-9-32/h4-5,12-14,17,29H,1-3,6-11H2,(H,26,34)(H2,28,31,35)/b18-12-. The molecule has 0 unspecified atom stereocenters. The van der Waals surface area contributed by atoms with E-state index in [2.05, 4.69) is 37.2 Å². The number of hydrogen-bond donors (Lipinski definition) is 4. The van der Waals surface area contributed by atoms with E-state index in [9.17, 15) is 9.59 Å². The Morgan fingerprint density at radius 2 is 2.11 bits per heavy atom. The van der Waals surface area contributed by atoms with Gasteiger partial charge in [-0.3, -0.25) is 9.69 Å². The quantitative estimate of drug-likeness (QED) is 0.264. The van der Waals surface area contributed by atoms with E-state index in [-0.39, 0.29) is 11.6 Å². The van der Waals surface area contributed by atoms with Gasteiger partial charge in [0.05, 0.1) is 45.6 Å². The van der Waals surface area contributed by atoms with E-state index in [4.69, 9.17) is 9.72 Å². The van der Waals surface area contributed by atoms with Crippen molar-refractivity contribution in [3.8, 4) is 10.6 Å². The van der Waals surface area contributed by atoms with Crippen molar-refractivity contribution in [3.63, 3.8) is 0 Å². The summed E-state index contributed by atoms with van der Waals surface area (Å²) in [6, 6.07) is 6.16. The summed E-state index contributed by atoms with van der Waals surface area (Å²) < 4.78 is 7.15. The van der Waals surface area contributed by atoms with Gasteiger partial charge in [-0.15, -0.1) is 11.3 Å². The molecule has 4 N–H and O–H groups in total. The smallest absolute Gasteiger partial charge is 0.323 e. The zero-order valence-electron chi connectivity index (χ0n) is 20.2. The lowest BCUT2D eigenvalue weighted by atomic mass is 10.2. The predicted octanol–water partition coefficient (Wildman–Crippen LogP) is 0.350. The summed E-state index contributed by atoms with van der Waals surface area (Å²) in [5.74, 6) is 0.754. The van der Waals surface area contributed by atoms with Gasteiger partial charge in [-0.1, -0.05) is 6.58 Å². The second-order valence-electron chi connectivity index (χ2n) is 9.27. The van der Waals surface area contributed by atoms with E-state index >= 15 is 0 Å². The number of carbonyl (C=O) groups is 1. The number of anilines is 1. The van der Waals surface area contributed by atoms with Crippen LogP contribution in [0.15, 0.2) is 29.2 Å². The Labute approximate surface area is 215 Å². The average molecular weight is 521 g/mol. The maximum absolute atomic E-state index is 12.8. The van der Waals surface area contributed by atoms with Crippen LogP contribution in [-0.2, 0) is 4.74 Å². The zero-order valence-corrected chi connectivity index (χ0v) is 21.1. The highest BCUT2D eigenvalue weighted by Gasteiger charge is 2.23. The minimum atomic E-state index is -0.313. The van der Waals surface area contributed by atoms with Gasteiger partial charge in [0, 0.05) is 43.9 Å². The molecule has 1 saturated heterocycles. The fourth-order valence-corrected chi connectivity index (χ4v) is 5.18. The molecule has 11 nitrogen and oxygen atoms in total. The molecular formula is C25H28N8O3S. The summed E-state index contributed by atoms with van der Waals surface area (Å²) in [5, 5.41) is 12.2. The maximum atomic E-state index is 12.8. The Kier molecular flexibility index (Phi) is 6.37. The van der Waals surface area contributed by atoms with Crippen molar-refractivity contribution in [2.75, 3.05) is 44.7 Å². The number of nitrogens with zero attached hydrogens (tertiary/aromatic N) is 4. The highest BCUT2D eigenvalue weighted by Crippen LogP contribution is 2.32. The van der Waals surface area contributed by atoms with Crippen LogP contribution >= 0.6 is 11.3 Å². The lowest BCUT2D eigenvalue weighted by molar-refractivity contribution is 0.0383. The SMILES string of the molecule is C=c1[nH]c(=O)[nH]/c1=C\c1cnn2c(NC3CC3)cc(-c3ccc(C(=O)NCCN4CCOCC4)s3)nc12. The molecule has 12 heteroatoms. The van der Waals surface area contributed by atoms with Crippen molar-refractivity contribution in [2.45, 2.75) is 18.9 Å². The molecule has 4 aromatic rings. The predicted molar refractivity (Wildman–Crippen MR) is 142 cm³/mol. The van der Waals surface area contributed by atoms with Crippen LogP contribution < -0.4 is 27.0 Å². The Balaban J connectivity index is 1.27. The third-order valence-corrected chi connectivity index (χ3v) is 7.57. The van der Waals surface area contributed by atoms with Crippen LogP contribution in [0, 0.1) is 0 Å². The number of hydrogen-bond acceptors (Lipinski definition) is 8. The van der Waals surface area contributed by atoms with Crippen LogP contribution in [0.1, 0.15) is 28.1 Å². The fraction of sp³-hybridized carbons (Fsp3) is 0.360. The van der Waals surface area contributed by atoms with Gasteiger partial charge in [0.25, 0.3) is 5.91 Å². The molecule has 0 spiro atoms. The summed E-state index contributed by atoms with van der Waals surface area (Å²) >= 11 is 1.41. The monoisotopic (exact) mass is 520 g/mol. The first-order valence-electron chi connectivity index (χ1n) is 12.4. The number of rotatable bonds is 8. The van der Waals surface area contributed by atoms with Crippen molar-refractivity contribution in [1.29, 1.82) is 0 Å². The summed E-state index contributed by atoms with van der Waals surface area (Å²) in [6.45, 7) is 8.56. The Bertz CT molecular complexity index is 1610. The summed E-state index contributed by atoms with van der Waals surface area (Å²) in [5.41, 5.74) is 1.83. The molecule has 1 saturated carbocycles. The van der Waals surface area contributed by atoms with Gasteiger partial charge in [-0.05, 0) is 31.1 Å². The zero-order chi connectivity index (χ0) is 25.4. The number of imidazole rings is 1. The topological polar surface area (TPSA) is 132 Å². The first kappa shape index (κ1) is 23.6. The van der Waals surface area contributed by atoms with Crippen molar-refractivity contribution in [3.05, 3.63) is 56.0 Å². The van der Waals surface area contributed by atoms with E-state index in [0.29, 0.717) is 33.8 Å². The third-order valence-electron chi connectivity index (χ3n) is 6.47. The molecule has 4 aromatic heterocycles. The van der Waals surface area contributed by atoms with Gasteiger partial charge in [0.2, 0.25) is 0 Å². The Morgan fingerprint density at radius 1 is 1.27 bits per heavy atom. The number of amides is 1. The highest BCUT2D eigenvalue weighted by molar-refractivity contribution is 7.17. The Hall–Kier alpha value is -3.74. The Morgan fingerprint density at radius 3 is 2.86 bits per heavy atom. The number of aromatic nitrogens is 5. The van der Waals surface area contributed by atoms with Gasteiger partial charge in [0.15, 0.2) is 5.65 Å². The van der Waals surface area contributed by atoms with E-state index in [0.717, 1.165) is 67.6 Å². The number of carbonyl (C=O) groups excluding carboxylic acids is 1. The number of fused-ring (bicyclic) bond motifs is 1. The first-order valence-corrected chi connectivity index (χ1v) is 13.2. The van der Waals surface area contributed by atoms with Gasteiger partial charge < -0.3 is 25.3 Å². The van der Waals surface area contributed by atoms with Crippen molar-refractivity contribution >= 4 is 41.4 Å². The molecule has 0 bridgehead atoms. The molecule has 1 aliphatic heterocycles. The normalized spacial score (nSPS) is 16.9. The first-order chi connectivity index (χ1) is 18.0. The lowest BCUT2D eigenvalue weighted by Crippen LogP contribution is -2.41. The van der Waals surface area contributed by atoms with Gasteiger partial charge in [-0.2, -0.15) is 9.61 Å². The van der Waals surface area contributed by atoms with Crippen LogP contribution in [0.5, 0.6) is 0 Å². The van der Waals surface area contributed by atoms with Crippen LogP contribution in [0.25, 0.3) is 28.9 Å². The summed E-state index contributed by atoms with van der Waals surface area (Å²) in [7, 11) is 0. The molecular weight excluding hydrogens is 492 g/mol. The molecule has 2 aliphatic rings. The van der Waals surface area contributed by atoms with Crippen LogP contribution in [-0.4, -0.2) is 80.8 Å². The number of morpholine rings is 1. The van der Waals surface area contributed by atoms with Crippen molar-refractivity contribution in [1.82, 2.24) is 34.8 Å². The molecule has 6 rings (SSSR count). The largest absolute Gasteiger partial charge is 0.379 e. The molecule has 5 heterocycles. The van der Waals surface area contributed by atoms with Crippen molar-refractivity contribution in [2.24, 2.45) is 0 Å². The minimum absolute atomic E-state index is 0.0836. The fourth-order valence-electron chi connectivity index (χ4n) is 4.30. The summed E-state index contributed by atoms with van der Waals surface area (Å²) in [6.07, 6.45) is 5.75. The number of ether oxygens (including phenoxy) is 1. The van der Waals surface area contributed by atoms with Gasteiger partial charge in [-0.25, -0.2) is 9.78 Å². The van der Waals surface area contributed by atoms with Crippen LogP contribution in [0.4, 0.5) is 5.82 Å². The van der Waals surface area contributed by atoms with Gasteiger partial charge in [0.1, 0.15) is 5.82 Å². The van der Waals surface area contributed by atoms with E-state index < -0.39 is 0 Å². The van der Waals surface area contributed by atoms with E-state index in [1.54, 1.807) is 10.7 Å². The number of aromatic amines is 2. The molecule has 1 amide bonds. The van der Waals surface area contributed by atoms with Crippen molar-refractivity contribution < 1.29 is 9.53 Å². The highest BCUT2D eigenvalue weighted by atomic mass is 32.1. The second-order valence-corrected chi connectivity index (χ2v) is 10.4. The van der Waals surface area contributed by atoms with E-state index in [1.807, 2.05) is 24.3 Å². The number of H-pyrrole nitrogens is 2. The van der Waals surface area contributed by atoms with Gasteiger partial charge >= 0.3 is 5.69 Å². The second kappa shape index (κ2) is 9.96. The maximum Gasteiger partial charge on any atom is 0.323 e. The molecule has 0 atom stereocenters. The minimum Gasteiger partial charge on any atom is -0.379 e. The summed E-state index contributed by atoms with van der Waals surface area (Å²) in [4.78, 5) is 38.5. The molecule has 37 heavy (non-hydrogen) atoms. The third kappa shape index (κ3) is 5.22. The molecule has 192 valence electrons. The van der Waals surface area contributed by atoms with Crippen LogP contribution in [0.2, 0.25) is 0 Å². The molecule has 2 fully saturated rings. The molecule has 1 aliphatic carbocycles.